The van der Waals surface area contributed by atoms with Gasteiger partial charge in [0.15, 0.2) is 0 Å². The predicted octanol–water partition coefficient (Wildman–Crippen LogP) is 2.61. The SMILES string of the molecule is CC(C)N(C(=O)N1C=CC=CC1)C(C)C. The average molecular weight is 208 g/mol. The van der Waals surface area contributed by atoms with Gasteiger partial charge in [0.05, 0.1) is 0 Å². The van der Waals surface area contributed by atoms with E-state index >= 15 is 0 Å². The summed E-state index contributed by atoms with van der Waals surface area (Å²) < 4.78 is 0. The Morgan fingerprint density at radius 1 is 1.20 bits per heavy atom. The first-order chi connectivity index (χ1) is 7.04. The molecule has 0 bridgehead atoms. The highest BCUT2D eigenvalue weighted by molar-refractivity contribution is 5.76. The topological polar surface area (TPSA) is 23.6 Å². The molecule has 1 aliphatic rings. The van der Waals surface area contributed by atoms with Gasteiger partial charge in [-0.25, -0.2) is 4.79 Å². The lowest BCUT2D eigenvalue weighted by Gasteiger charge is -2.34. The summed E-state index contributed by atoms with van der Waals surface area (Å²) in [4.78, 5) is 15.8. The summed E-state index contributed by atoms with van der Waals surface area (Å²) in [5, 5.41) is 0. The molecule has 0 fully saturated rings. The van der Waals surface area contributed by atoms with Crippen molar-refractivity contribution in [1.82, 2.24) is 9.80 Å². The highest BCUT2D eigenvalue weighted by Crippen LogP contribution is 2.11. The van der Waals surface area contributed by atoms with Crippen molar-refractivity contribution in [3.63, 3.8) is 0 Å². The van der Waals surface area contributed by atoms with E-state index in [1.807, 2.05) is 57.0 Å². The van der Waals surface area contributed by atoms with Crippen LogP contribution in [-0.4, -0.2) is 34.5 Å². The maximum absolute atomic E-state index is 12.1. The standard InChI is InChI=1S/C12H20N2O/c1-10(2)14(11(3)4)12(15)13-8-6-5-7-9-13/h5-8,10-11H,9H2,1-4H3. The molecule has 0 aromatic rings. The monoisotopic (exact) mass is 208 g/mol. The zero-order valence-corrected chi connectivity index (χ0v) is 9.97. The zero-order valence-electron chi connectivity index (χ0n) is 9.97. The van der Waals surface area contributed by atoms with Gasteiger partial charge in [0.2, 0.25) is 0 Å². The fourth-order valence-corrected chi connectivity index (χ4v) is 1.80. The molecule has 3 nitrogen and oxygen atoms in total. The summed E-state index contributed by atoms with van der Waals surface area (Å²) in [6.07, 6.45) is 7.66. The normalized spacial score (nSPS) is 15.2. The number of amides is 2. The number of hydrogen-bond donors (Lipinski definition) is 0. The van der Waals surface area contributed by atoms with Gasteiger partial charge in [0.1, 0.15) is 0 Å². The molecule has 0 spiro atoms. The molecular weight excluding hydrogens is 188 g/mol. The maximum atomic E-state index is 12.1. The Kier molecular flexibility index (Phi) is 3.95. The molecule has 1 heterocycles. The van der Waals surface area contributed by atoms with Crippen LogP contribution in [-0.2, 0) is 0 Å². The van der Waals surface area contributed by atoms with Gasteiger partial charge in [-0.15, -0.1) is 0 Å². The number of allylic oxidation sites excluding steroid dienone is 2. The van der Waals surface area contributed by atoms with Crippen molar-refractivity contribution in [2.75, 3.05) is 6.54 Å². The Morgan fingerprint density at radius 2 is 1.80 bits per heavy atom. The number of carbonyl (C=O) groups excluding carboxylic acids is 1. The summed E-state index contributed by atoms with van der Waals surface area (Å²) in [6, 6.07) is 0.550. The van der Waals surface area contributed by atoms with Crippen molar-refractivity contribution in [3.05, 3.63) is 24.4 Å². The number of rotatable bonds is 2. The molecule has 0 radical (unpaired) electrons. The Labute approximate surface area is 92.0 Å². The number of hydrogen-bond acceptors (Lipinski definition) is 1. The van der Waals surface area contributed by atoms with Crippen LogP contribution in [0.3, 0.4) is 0 Å². The minimum Gasteiger partial charge on any atom is -0.320 e. The molecule has 1 aliphatic heterocycles. The van der Waals surface area contributed by atoms with Gasteiger partial charge in [-0.2, -0.15) is 0 Å². The molecule has 15 heavy (non-hydrogen) atoms. The Bertz CT molecular complexity index is 271. The second kappa shape index (κ2) is 5.01. The van der Waals surface area contributed by atoms with Crippen LogP contribution in [0, 0.1) is 0 Å². The van der Waals surface area contributed by atoms with E-state index in [4.69, 9.17) is 0 Å². The van der Waals surface area contributed by atoms with Gasteiger partial charge in [0, 0.05) is 24.8 Å². The van der Waals surface area contributed by atoms with Gasteiger partial charge in [-0.1, -0.05) is 12.2 Å². The van der Waals surface area contributed by atoms with Gasteiger partial charge in [-0.3, -0.25) is 4.90 Å². The highest BCUT2D eigenvalue weighted by Gasteiger charge is 2.23. The van der Waals surface area contributed by atoms with E-state index in [9.17, 15) is 4.79 Å². The molecule has 0 atom stereocenters. The van der Waals surface area contributed by atoms with Crippen LogP contribution in [0.2, 0.25) is 0 Å². The molecule has 2 amide bonds. The predicted molar refractivity (Wildman–Crippen MR) is 62.5 cm³/mol. The third-order valence-electron chi connectivity index (χ3n) is 2.39. The highest BCUT2D eigenvalue weighted by atomic mass is 16.2. The van der Waals surface area contributed by atoms with E-state index in [0.717, 1.165) is 0 Å². The summed E-state index contributed by atoms with van der Waals surface area (Å²) in [6.45, 7) is 8.84. The fourth-order valence-electron chi connectivity index (χ4n) is 1.80. The molecule has 0 unspecified atom stereocenters. The summed E-state index contributed by atoms with van der Waals surface area (Å²) in [5.74, 6) is 0. The second-order valence-electron chi connectivity index (χ2n) is 4.30. The fraction of sp³-hybridized carbons (Fsp3) is 0.583. The van der Waals surface area contributed by atoms with Crippen molar-refractivity contribution in [3.8, 4) is 0 Å². The largest absolute Gasteiger partial charge is 0.324 e. The first-order valence-electron chi connectivity index (χ1n) is 5.46. The van der Waals surface area contributed by atoms with Crippen molar-refractivity contribution in [2.45, 2.75) is 39.8 Å². The third-order valence-corrected chi connectivity index (χ3v) is 2.39. The number of urea groups is 1. The minimum atomic E-state index is 0.0839. The van der Waals surface area contributed by atoms with Crippen LogP contribution < -0.4 is 0 Å². The van der Waals surface area contributed by atoms with Crippen LogP contribution in [0.4, 0.5) is 4.79 Å². The smallest absolute Gasteiger partial charge is 0.320 e. The van der Waals surface area contributed by atoms with Gasteiger partial charge < -0.3 is 4.90 Å². The van der Waals surface area contributed by atoms with E-state index in [1.54, 1.807) is 4.90 Å². The molecule has 0 saturated carbocycles. The zero-order chi connectivity index (χ0) is 11.4. The molecule has 1 rings (SSSR count). The summed E-state index contributed by atoms with van der Waals surface area (Å²) in [5.41, 5.74) is 0. The van der Waals surface area contributed by atoms with Crippen LogP contribution >= 0.6 is 0 Å². The number of carbonyl (C=O) groups is 1. The lowest BCUT2D eigenvalue weighted by atomic mass is 10.2. The minimum absolute atomic E-state index is 0.0839. The van der Waals surface area contributed by atoms with Crippen LogP contribution in [0.15, 0.2) is 24.4 Å². The Morgan fingerprint density at radius 3 is 2.20 bits per heavy atom. The van der Waals surface area contributed by atoms with E-state index in [2.05, 4.69) is 0 Å². The Balaban J connectivity index is 2.72. The van der Waals surface area contributed by atoms with Crippen molar-refractivity contribution >= 4 is 6.03 Å². The second-order valence-corrected chi connectivity index (χ2v) is 4.30. The summed E-state index contributed by atoms with van der Waals surface area (Å²) >= 11 is 0. The molecular formula is C12H20N2O. The van der Waals surface area contributed by atoms with E-state index in [-0.39, 0.29) is 18.1 Å². The lowest BCUT2D eigenvalue weighted by Crippen LogP contribution is -2.48. The van der Waals surface area contributed by atoms with E-state index < -0.39 is 0 Å². The van der Waals surface area contributed by atoms with Crippen LogP contribution in [0.1, 0.15) is 27.7 Å². The first-order valence-corrected chi connectivity index (χ1v) is 5.46. The van der Waals surface area contributed by atoms with E-state index in [0.29, 0.717) is 6.54 Å². The average Bonchev–Trinajstić information content (AvgIpc) is 2.18. The molecule has 3 heteroatoms. The Hall–Kier alpha value is -1.25. The first kappa shape index (κ1) is 11.8. The summed E-state index contributed by atoms with van der Waals surface area (Å²) in [7, 11) is 0. The van der Waals surface area contributed by atoms with Gasteiger partial charge >= 0.3 is 6.03 Å². The molecule has 0 aromatic carbocycles. The van der Waals surface area contributed by atoms with Gasteiger partial charge in [-0.05, 0) is 33.8 Å². The molecule has 0 N–H and O–H groups in total. The van der Waals surface area contributed by atoms with Gasteiger partial charge in [0.25, 0.3) is 0 Å². The molecule has 0 aliphatic carbocycles. The van der Waals surface area contributed by atoms with E-state index in [1.165, 1.54) is 0 Å². The molecule has 0 aromatic heterocycles. The quantitative estimate of drug-likeness (QED) is 0.684. The number of nitrogens with zero attached hydrogens (tertiary/aromatic N) is 2. The van der Waals surface area contributed by atoms with Crippen molar-refractivity contribution in [1.29, 1.82) is 0 Å². The van der Waals surface area contributed by atoms with Crippen molar-refractivity contribution < 1.29 is 4.79 Å². The van der Waals surface area contributed by atoms with Crippen LogP contribution in [0.5, 0.6) is 0 Å². The third kappa shape index (κ3) is 2.85. The lowest BCUT2D eigenvalue weighted by molar-refractivity contribution is 0.141. The van der Waals surface area contributed by atoms with Crippen molar-refractivity contribution in [2.24, 2.45) is 0 Å². The molecule has 84 valence electrons. The molecule has 0 saturated heterocycles. The van der Waals surface area contributed by atoms with Crippen LogP contribution in [0.25, 0.3) is 0 Å². The maximum Gasteiger partial charge on any atom is 0.324 e.